The lowest BCUT2D eigenvalue weighted by Crippen LogP contribution is -2.32. The number of halogens is 2. The number of rotatable bonds is 6. The van der Waals surface area contributed by atoms with Crippen LogP contribution in [0.3, 0.4) is 0 Å². The van der Waals surface area contributed by atoms with Gasteiger partial charge in [-0.3, -0.25) is 0 Å². The number of nitrogens with one attached hydrogen (secondary N) is 2. The van der Waals surface area contributed by atoms with Crippen molar-refractivity contribution in [2.24, 2.45) is 5.92 Å². The summed E-state index contributed by atoms with van der Waals surface area (Å²) >= 11 is 19.2. The van der Waals surface area contributed by atoms with E-state index in [0.29, 0.717) is 16.1 Å². The molecule has 2 N–H and O–H groups in total. The van der Waals surface area contributed by atoms with Gasteiger partial charge in [0, 0.05) is 22.2 Å². The second-order valence-electron chi connectivity index (χ2n) is 5.69. The molecule has 128 valence electrons. The summed E-state index contributed by atoms with van der Waals surface area (Å²) in [5.41, 5.74) is 1.94. The zero-order chi connectivity index (χ0) is 17.5. The van der Waals surface area contributed by atoms with E-state index in [0.717, 1.165) is 28.6 Å². The number of benzene rings is 2. The highest BCUT2D eigenvalue weighted by molar-refractivity contribution is 7.99. The highest BCUT2D eigenvalue weighted by Gasteiger charge is 2.06. The van der Waals surface area contributed by atoms with Crippen LogP contribution in [0.25, 0.3) is 0 Å². The van der Waals surface area contributed by atoms with Crippen molar-refractivity contribution in [2.75, 3.05) is 17.6 Å². The molecule has 0 heterocycles. The van der Waals surface area contributed by atoms with Crippen molar-refractivity contribution in [1.29, 1.82) is 0 Å². The quantitative estimate of drug-likeness (QED) is 0.458. The number of aryl methyl sites for hydroxylation is 1. The van der Waals surface area contributed by atoms with Crippen molar-refractivity contribution in [2.45, 2.75) is 18.7 Å². The number of anilines is 1. The fourth-order valence-corrected chi connectivity index (χ4v) is 3.51. The van der Waals surface area contributed by atoms with Crippen molar-refractivity contribution in [3.63, 3.8) is 0 Å². The summed E-state index contributed by atoms with van der Waals surface area (Å²) < 4.78 is 0. The molecule has 0 aliphatic carbocycles. The standard InChI is InChI=1S/C18H20Cl2N2S2/c1-12-3-8-17(16(20)9-12)22-18(23)21-10-13(2)11-24-15-6-4-14(19)5-7-15/h3-9,13H,10-11H2,1-2H3,(H2,21,22,23)/t13-/m0/s1. The SMILES string of the molecule is Cc1ccc(NC(=S)NC[C@H](C)CSc2ccc(Cl)cc2)c(Cl)c1. The van der Waals surface area contributed by atoms with Gasteiger partial charge in [-0.15, -0.1) is 11.8 Å². The van der Waals surface area contributed by atoms with Gasteiger partial charge in [0.2, 0.25) is 0 Å². The van der Waals surface area contributed by atoms with Gasteiger partial charge in [-0.2, -0.15) is 0 Å². The summed E-state index contributed by atoms with van der Waals surface area (Å²) in [6.07, 6.45) is 0. The molecule has 0 amide bonds. The fourth-order valence-electron chi connectivity index (χ4n) is 1.98. The van der Waals surface area contributed by atoms with E-state index in [2.05, 4.69) is 17.6 Å². The maximum Gasteiger partial charge on any atom is 0.170 e. The van der Waals surface area contributed by atoms with E-state index in [9.17, 15) is 0 Å². The van der Waals surface area contributed by atoms with Crippen LogP contribution in [0.1, 0.15) is 12.5 Å². The third-order valence-electron chi connectivity index (χ3n) is 3.33. The first-order chi connectivity index (χ1) is 11.4. The normalized spacial score (nSPS) is 11.8. The van der Waals surface area contributed by atoms with Gasteiger partial charge in [0.15, 0.2) is 5.11 Å². The van der Waals surface area contributed by atoms with E-state index >= 15 is 0 Å². The molecule has 24 heavy (non-hydrogen) atoms. The van der Waals surface area contributed by atoms with E-state index < -0.39 is 0 Å². The van der Waals surface area contributed by atoms with Crippen LogP contribution >= 0.6 is 47.2 Å². The fraction of sp³-hybridized carbons (Fsp3) is 0.278. The van der Waals surface area contributed by atoms with E-state index in [4.69, 9.17) is 35.4 Å². The minimum Gasteiger partial charge on any atom is -0.362 e. The average molecular weight is 399 g/mol. The molecule has 0 unspecified atom stereocenters. The van der Waals surface area contributed by atoms with Gasteiger partial charge >= 0.3 is 0 Å². The highest BCUT2D eigenvalue weighted by Crippen LogP contribution is 2.23. The van der Waals surface area contributed by atoms with Crippen LogP contribution in [0, 0.1) is 12.8 Å². The molecule has 0 aliphatic heterocycles. The molecule has 2 aromatic carbocycles. The molecule has 0 bridgehead atoms. The first-order valence-corrected chi connectivity index (χ1v) is 9.78. The van der Waals surface area contributed by atoms with Crippen molar-refractivity contribution in [3.05, 3.63) is 58.1 Å². The van der Waals surface area contributed by atoms with Gasteiger partial charge in [-0.05, 0) is 67.0 Å². The Kier molecular flexibility index (Phi) is 7.69. The molecule has 6 heteroatoms. The average Bonchev–Trinajstić information content (AvgIpc) is 2.55. The Morgan fingerprint density at radius 2 is 1.88 bits per heavy atom. The Balaban J connectivity index is 1.73. The Hall–Kier alpha value is -0.940. The van der Waals surface area contributed by atoms with Crippen molar-refractivity contribution < 1.29 is 0 Å². The monoisotopic (exact) mass is 398 g/mol. The summed E-state index contributed by atoms with van der Waals surface area (Å²) in [5, 5.41) is 8.41. The van der Waals surface area contributed by atoms with E-state index in [1.807, 2.05) is 61.2 Å². The number of hydrogen-bond acceptors (Lipinski definition) is 2. The molecule has 0 radical (unpaired) electrons. The maximum atomic E-state index is 6.20. The third kappa shape index (κ3) is 6.52. The molecule has 0 saturated carbocycles. The highest BCUT2D eigenvalue weighted by atomic mass is 35.5. The predicted molar refractivity (Wildman–Crippen MR) is 112 cm³/mol. The Morgan fingerprint density at radius 3 is 2.54 bits per heavy atom. The summed E-state index contributed by atoms with van der Waals surface area (Å²) in [7, 11) is 0. The molecule has 0 saturated heterocycles. The van der Waals surface area contributed by atoms with Gasteiger partial charge in [-0.25, -0.2) is 0 Å². The van der Waals surface area contributed by atoms with Crippen molar-refractivity contribution in [1.82, 2.24) is 5.32 Å². The van der Waals surface area contributed by atoms with Crippen molar-refractivity contribution in [3.8, 4) is 0 Å². The zero-order valence-electron chi connectivity index (χ0n) is 13.6. The van der Waals surface area contributed by atoms with Crippen LogP contribution in [-0.2, 0) is 0 Å². The molecule has 2 aromatic rings. The molecule has 2 rings (SSSR count). The molecule has 0 spiro atoms. The second-order valence-corrected chi connectivity index (χ2v) is 8.03. The van der Waals surface area contributed by atoms with E-state index in [1.165, 1.54) is 4.90 Å². The molecular formula is C18H20Cl2N2S2. The maximum absolute atomic E-state index is 6.20. The predicted octanol–water partition coefficient (Wildman–Crippen LogP) is 6.02. The smallest absolute Gasteiger partial charge is 0.170 e. The molecule has 1 atom stereocenters. The minimum atomic E-state index is 0.471. The van der Waals surface area contributed by atoms with Gasteiger partial charge in [0.05, 0.1) is 10.7 Å². The lowest BCUT2D eigenvalue weighted by molar-refractivity contribution is 0.637. The number of thioether (sulfide) groups is 1. The first-order valence-electron chi connectivity index (χ1n) is 7.63. The molecule has 0 aliphatic rings. The summed E-state index contributed by atoms with van der Waals surface area (Å²) in [6.45, 7) is 5.00. The van der Waals surface area contributed by atoms with Crippen LogP contribution in [0.4, 0.5) is 5.69 Å². The molecule has 0 fully saturated rings. The molecule has 0 aromatic heterocycles. The van der Waals surface area contributed by atoms with E-state index in [1.54, 1.807) is 0 Å². The number of hydrogen-bond donors (Lipinski definition) is 2. The summed E-state index contributed by atoms with van der Waals surface area (Å²) in [6, 6.07) is 13.8. The largest absolute Gasteiger partial charge is 0.362 e. The first kappa shape index (κ1) is 19.4. The van der Waals surface area contributed by atoms with Gasteiger partial charge in [0.25, 0.3) is 0 Å². The summed E-state index contributed by atoms with van der Waals surface area (Å²) in [4.78, 5) is 1.22. The van der Waals surface area contributed by atoms with Crippen LogP contribution in [-0.4, -0.2) is 17.4 Å². The summed E-state index contributed by atoms with van der Waals surface area (Å²) in [5.74, 6) is 1.47. The van der Waals surface area contributed by atoms with E-state index in [-0.39, 0.29) is 0 Å². The van der Waals surface area contributed by atoms with Gasteiger partial charge < -0.3 is 10.6 Å². The lowest BCUT2D eigenvalue weighted by atomic mass is 10.2. The Morgan fingerprint density at radius 1 is 1.17 bits per heavy atom. The zero-order valence-corrected chi connectivity index (χ0v) is 16.8. The number of thiocarbonyl (C=S) groups is 1. The van der Waals surface area contributed by atoms with Gasteiger partial charge in [-0.1, -0.05) is 36.2 Å². The van der Waals surface area contributed by atoms with Crippen LogP contribution < -0.4 is 10.6 Å². The van der Waals surface area contributed by atoms with Crippen LogP contribution in [0.5, 0.6) is 0 Å². The second kappa shape index (κ2) is 9.52. The lowest BCUT2D eigenvalue weighted by Gasteiger charge is -2.16. The minimum absolute atomic E-state index is 0.471. The third-order valence-corrected chi connectivity index (χ3v) is 5.48. The topological polar surface area (TPSA) is 24.1 Å². The van der Waals surface area contributed by atoms with Crippen LogP contribution in [0.2, 0.25) is 10.0 Å². The molecular weight excluding hydrogens is 379 g/mol. The molecule has 2 nitrogen and oxygen atoms in total. The Labute approximate surface area is 163 Å². The van der Waals surface area contributed by atoms with Crippen molar-refractivity contribution >= 4 is 58.0 Å². The Bertz CT molecular complexity index is 690. The van der Waals surface area contributed by atoms with Crippen LogP contribution in [0.15, 0.2) is 47.4 Å². The van der Waals surface area contributed by atoms with Gasteiger partial charge in [0.1, 0.15) is 0 Å².